The van der Waals surface area contributed by atoms with Gasteiger partial charge >= 0.3 is 0 Å². The molecule has 11 heavy (non-hydrogen) atoms. The normalized spacial score (nSPS) is 12.7. The minimum atomic E-state index is -0.468. The van der Waals surface area contributed by atoms with Gasteiger partial charge in [0.2, 0.25) is 5.91 Å². The van der Waals surface area contributed by atoms with Crippen LogP contribution in [0.5, 0.6) is 0 Å². The maximum absolute atomic E-state index is 11.1. The van der Waals surface area contributed by atoms with Crippen LogP contribution in [0.25, 0.3) is 0 Å². The summed E-state index contributed by atoms with van der Waals surface area (Å²) >= 11 is 0. The van der Waals surface area contributed by atoms with Crippen LogP contribution < -0.4 is 11.1 Å². The third-order valence-corrected chi connectivity index (χ3v) is 1.31. The Balaban J connectivity index is 3.64. The Bertz CT molecular complexity index is 125. The zero-order valence-corrected chi connectivity index (χ0v) is 7.37. The molecule has 0 saturated carbocycles. The second kappa shape index (κ2) is 5.09. The Morgan fingerprint density at radius 3 is 2.55 bits per heavy atom. The summed E-state index contributed by atoms with van der Waals surface area (Å²) in [7, 11) is 3.38. The fraction of sp³-hybridized carbons (Fsp3) is 0.857. The van der Waals surface area contributed by atoms with Crippen LogP contribution in [-0.2, 0) is 4.79 Å². The summed E-state index contributed by atoms with van der Waals surface area (Å²) < 4.78 is 0. The van der Waals surface area contributed by atoms with Crippen molar-refractivity contribution in [1.29, 1.82) is 0 Å². The summed E-state index contributed by atoms with van der Waals surface area (Å²) in [5.41, 5.74) is 5.52. The number of amides is 1. The Morgan fingerprint density at radius 2 is 2.18 bits per heavy atom. The quantitative estimate of drug-likeness (QED) is 0.572. The maximum atomic E-state index is 11.1. The van der Waals surface area contributed by atoms with Crippen molar-refractivity contribution in [3.8, 4) is 0 Å². The molecular weight excluding hydrogens is 142 g/mol. The molecule has 65 valence electrons. The van der Waals surface area contributed by atoms with Crippen LogP contribution in [0.15, 0.2) is 0 Å². The minimum Gasteiger partial charge on any atom is -0.347 e. The largest absolute Gasteiger partial charge is 0.347 e. The van der Waals surface area contributed by atoms with E-state index in [0.717, 1.165) is 0 Å². The van der Waals surface area contributed by atoms with Gasteiger partial charge in [-0.05, 0) is 0 Å². The van der Waals surface area contributed by atoms with E-state index in [1.54, 1.807) is 14.1 Å². The number of hydrogen-bond acceptors (Lipinski definition) is 2. The van der Waals surface area contributed by atoms with Crippen LogP contribution in [0.4, 0.5) is 0 Å². The van der Waals surface area contributed by atoms with Gasteiger partial charge in [-0.15, -0.1) is 0 Å². The van der Waals surface area contributed by atoms with E-state index in [1.165, 1.54) is 4.90 Å². The predicted octanol–water partition coefficient (Wildman–Crippen LogP) is -0.974. The summed E-state index contributed by atoms with van der Waals surface area (Å²) in [6.07, 6.45) is 0. The molecule has 4 heteroatoms. The standard InChI is InChI=1S/C7H16N3O/c1-4-9-5-6(8)7(11)10(2)3/h6H,4-5,8H2,1-3H3. The molecule has 0 bridgehead atoms. The number of carbonyl (C=O) groups excluding carboxylic acids is 1. The van der Waals surface area contributed by atoms with Crippen LogP contribution in [0.3, 0.4) is 0 Å². The molecule has 0 saturated heterocycles. The molecule has 1 atom stereocenters. The fourth-order valence-corrected chi connectivity index (χ4v) is 0.678. The van der Waals surface area contributed by atoms with Crippen molar-refractivity contribution in [1.82, 2.24) is 10.2 Å². The topological polar surface area (TPSA) is 60.4 Å². The number of carbonyl (C=O) groups is 1. The first kappa shape index (κ1) is 10.4. The predicted molar refractivity (Wildman–Crippen MR) is 44.2 cm³/mol. The lowest BCUT2D eigenvalue weighted by atomic mass is 10.3. The van der Waals surface area contributed by atoms with E-state index < -0.39 is 6.04 Å². The van der Waals surface area contributed by atoms with Crippen molar-refractivity contribution in [2.45, 2.75) is 13.0 Å². The molecule has 0 heterocycles. The van der Waals surface area contributed by atoms with Gasteiger partial charge in [-0.1, -0.05) is 6.92 Å². The SMILES string of the molecule is CC[N]CC(N)C(=O)N(C)C. The zero-order valence-electron chi connectivity index (χ0n) is 7.37. The Labute approximate surface area is 67.7 Å². The van der Waals surface area contributed by atoms with Crippen molar-refractivity contribution in [2.24, 2.45) is 5.73 Å². The Hall–Kier alpha value is -0.610. The Kier molecular flexibility index (Phi) is 4.81. The van der Waals surface area contributed by atoms with Gasteiger partial charge in [-0.3, -0.25) is 4.79 Å². The highest BCUT2D eigenvalue weighted by Gasteiger charge is 2.14. The fourth-order valence-electron chi connectivity index (χ4n) is 0.678. The number of hydrogen-bond donors (Lipinski definition) is 1. The summed E-state index contributed by atoms with van der Waals surface area (Å²) in [4.78, 5) is 12.6. The first-order valence-corrected chi connectivity index (χ1v) is 3.69. The number of likely N-dealkylation sites (N-methyl/N-ethyl adjacent to an activating group) is 2. The number of nitrogens with two attached hydrogens (primary N) is 1. The summed E-state index contributed by atoms with van der Waals surface area (Å²) in [5.74, 6) is -0.0674. The maximum Gasteiger partial charge on any atom is 0.240 e. The third-order valence-electron chi connectivity index (χ3n) is 1.31. The Morgan fingerprint density at radius 1 is 1.64 bits per heavy atom. The van der Waals surface area contributed by atoms with E-state index in [-0.39, 0.29) is 5.91 Å². The van der Waals surface area contributed by atoms with Crippen LogP contribution in [0.1, 0.15) is 6.92 Å². The minimum absolute atomic E-state index is 0.0674. The van der Waals surface area contributed by atoms with Gasteiger partial charge in [0.15, 0.2) is 0 Å². The molecule has 0 aromatic rings. The van der Waals surface area contributed by atoms with E-state index in [2.05, 4.69) is 5.32 Å². The summed E-state index contributed by atoms with van der Waals surface area (Å²) in [6, 6.07) is -0.468. The van der Waals surface area contributed by atoms with Gasteiger partial charge in [-0.25, -0.2) is 5.32 Å². The highest BCUT2D eigenvalue weighted by Crippen LogP contribution is 1.84. The zero-order chi connectivity index (χ0) is 8.85. The van der Waals surface area contributed by atoms with Gasteiger partial charge in [-0.2, -0.15) is 0 Å². The van der Waals surface area contributed by atoms with E-state index in [4.69, 9.17) is 5.73 Å². The molecule has 1 unspecified atom stereocenters. The molecule has 0 rings (SSSR count). The first-order chi connectivity index (χ1) is 5.09. The van der Waals surface area contributed by atoms with Crippen LogP contribution in [-0.4, -0.2) is 44.0 Å². The van der Waals surface area contributed by atoms with Crippen LogP contribution in [0.2, 0.25) is 0 Å². The van der Waals surface area contributed by atoms with Crippen LogP contribution >= 0.6 is 0 Å². The molecule has 0 spiro atoms. The van der Waals surface area contributed by atoms with E-state index >= 15 is 0 Å². The number of rotatable bonds is 4. The second-order valence-corrected chi connectivity index (χ2v) is 2.56. The van der Waals surface area contributed by atoms with E-state index in [9.17, 15) is 4.79 Å². The molecular formula is C7H16N3O. The van der Waals surface area contributed by atoms with E-state index in [1.807, 2.05) is 6.92 Å². The lowest BCUT2D eigenvalue weighted by Crippen LogP contribution is -2.44. The van der Waals surface area contributed by atoms with Crippen molar-refractivity contribution < 1.29 is 4.79 Å². The number of nitrogens with zero attached hydrogens (tertiary/aromatic N) is 2. The van der Waals surface area contributed by atoms with Crippen molar-refractivity contribution >= 4 is 5.91 Å². The molecule has 4 nitrogen and oxygen atoms in total. The molecule has 0 aliphatic heterocycles. The molecule has 0 aromatic carbocycles. The molecule has 0 aliphatic rings. The lowest BCUT2D eigenvalue weighted by molar-refractivity contribution is -0.129. The highest BCUT2D eigenvalue weighted by molar-refractivity contribution is 5.81. The van der Waals surface area contributed by atoms with Gasteiger partial charge in [0.05, 0.1) is 6.04 Å². The monoisotopic (exact) mass is 158 g/mol. The van der Waals surface area contributed by atoms with Crippen LogP contribution in [0, 0.1) is 0 Å². The van der Waals surface area contributed by atoms with Gasteiger partial charge in [0.1, 0.15) is 0 Å². The smallest absolute Gasteiger partial charge is 0.240 e. The average molecular weight is 158 g/mol. The highest BCUT2D eigenvalue weighted by atomic mass is 16.2. The third kappa shape index (κ3) is 3.95. The second-order valence-electron chi connectivity index (χ2n) is 2.56. The van der Waals surface area contributed by atoms with Gasteiger partial charge in [0.25, 0.3) is 0 Å². The molecule has 1 amide bonds. The molecule has 0 fully saturated rings. The van der Waals surface area contributed by atoms with Crippen molar-refractivity contribution in [3.05, 3.63) is 0 Å². The first-order valence-electron chi connectivity index (χ1n) is 3.69. The molecule has 0 aliphatic carbocycles. The van der Waals surface area contributed by atoms with Crippen molar-refractivity contribution in [2.75, 3.05) is 27.2 Å². The van der Waals surface area contributed by atoms with Crippen molar-refractivity contribution in [3.63, 3.8) is 0 Å². The van der Waals surface area contributed by atoms with Gasteiger partial charge in [0, 0.05) is 27.2 Å². The molecule has 0 aromatic heterocycles. The average Bonchev–Trinajstić information content (AvgIpc) is 1.98. The van der Waals surface area contributed by atoms with Gasteiger partial charge < -0.3 is 10.6 Å². The molecule has 2 N–H and O–H groups in total. The lowest BCUT2D eigenvalue weighted by Gasteiger charge is -2.15. The van der Waals surface area contributed by atoms with E-state index in [0.29, 0.717) is 13.1 Å². The summed E-state index contributed by atoms with van der Waals surface area (Å²) in [6.45, 7) is 3.06. The molecule has 1 radical (unpaired) electrons. The summed E-state index contributed by atoms with van der Waals surface area (Å²) in [5, 5.41) is 4.00.